The van der Waals surface area contributed by atoms with E-state index >= 15 is 0 Å². The normalized spacial score (nSPS) is 15.7. The zero-order chi connectivity index (χ0) is 23.4. The lowest BCUT2D eigenvalue weighted by atomic mass is 10.2. The average molecular weight is 609 g/mol. The molecular weight excluding hydrogens is 594 g/mol. The highest BCUT2D eigenvalue weighted by Crippen LogP contribution is 2.30. The Morgan fingerprint density at radius 2 is 1.79 bits per heavy atom. The Bertz CT molecular complexity index is 1280. The maximum Gasteiger partial charge on any atom is 0.279 e. The fourth-order valence-corrected chi connectivity index (χ4v) is 4.40. The molecule has 4 rings (SSSR count). The number of thioether (sulfide) groups is 1. The van der Waals surface area contributed by atoms with Gasteiger partial charge in [0.1, 0.15) is 12.4 Å². The third-order valence-corrected chi connectivity index (χ3v) is 6.68. The molecule has 0 aromatic heterocycles. The predicted molar refractivity (Wildman–Crippen MR) is 142 cm³/mol. The van der Waals surface area contributed by atoms with E-state index < -0.39 is 5.91 Å². The average Bonchev–Trinajstić information content (AvgIpc) is 3.13. The van der Waals surface area contributed by atoms with E-state index in [0.717, 1.165) is 26.5 Å². The van der Waals surface area contributed by atoms with Gasteiger partial charge in [-0.3, -0.25) is 9.59 Å². The summed E-state index contributed by atoms with van der Waals surface area (Å²) in [5, 5.41) is 3.78. The molecule has 3 aromatic rings. The van der Waals surface area contributed by atoms with Crippen molar-refractivity contribution in [2.24, 2.45) is 4.99 Å². The van der Waals surface area contributed by atoms with Crippen LogP contribution in [0.3, 0.4) is 0 Å². The van der Waals surface area contributed by atoms with Crippen LogP contribution in [0.25, 0.3) is 6.08 Å². The molecule has 0 radical (unpaired) electrons. The third-order valence-electron chi connectivity index (χ3n) is 4.51. The molecule has 1 saturated heterocycles. The molecule has 166 valence electrons. The van der Waals surface area contributed by atoms with E-state index in [1.54, 1.807) is 42.5 Å². The lowest BCUT2D eigenvalue weighted by Gasteiger charge is -2.09. The van der Waals surface area contributed by atoms with E-state index in [-0.39, 0.29) is 11.1 Å². The molecule has 33 heavy (non-hydrogen) atoms. The summed E-state index contributed by atoms with van der Waals surface area (Å²) in [7, 11) is 0. The van der Waals surface area contributed by atoms with Gasteiger partial charge >= 0.3 is 0 Å². The Morgan fingerprint density at radius 1 is 1.06 bits per heavy atom. The Hall–Kier alpha value is -2.33. The summed E-state index contributed by atoms with van der Waals surface area (Å²) in [6.45, 7) is 0.400. The van der Waals surface area contributed by atoms with Crippen LogP contribution in [0.5, 0.6) is 5.75 Å². The minimum absolute atomic E-state index is 0.217. The fraction of sp³-hybridized carbons (Fsp3) is 0.0417. The summed E-state index contributed by atoms with van der Waals surface area (Å²) >= 11 is 15.6. The molecule has 0 aliphatic carbocycles. The second kappa shape index (κ2) is 10.7. The van der Waals surface area contributed by atoms with Crippen LogP contribution in [0.1, 0.15) is 21.5 Å². The number of benzene rings is 3. The number of aliphatic imine (C=N–C) groups is 1. The number of amidine groups is 1. The first kappa shape index (κ1) is 23.8. The number of nitrogens with zero attached hydrogens (tertiary/aromatic N) is 1. The number of hydrogen-bond acceptors (Lipinski definition) is 4. The van der Waals surface area contributed by atoms with Crippen LogP contribution in [0, 0.1) is 3.57 Å². The van der Waals surface area contributed by atoms with Crippen molar-refractivity contribution in [1.82, 2.24) is 5.32 Å². The smallest absolute Gasteiger partial charge is 0.279 e. The maximum atomic E-state index is 12.3. The highest BCUT2D eigenvalue weighted by Gasteiger charge is 2.25. The second-order valence-corrected chi connectivity index (χ2v) is 10.0. The molecular formula is C24H15Cl2IN2O3S. The van der Waals surface area contributed by atoms with Crippen molar-refractivity contribution < 1.29 is 14.3 Å². The van der Waals surface area contributed by atoms with Gasteiger partial charge in [0, 0.05) is 14.2 Å². The molecule has 3 aromatic carbocycles. The SMILES string of the molecule is O=C1NC(=NC(=O)c2ccc(Cl)cc2)S/C1=C\c1ccc(OCc2ccc(I)cc2)c(Cl)c1. The Balaban J connectivity index is 1.43. The van der Waals surface area contributed by atoms with Gasteiger partial charge in [-0.05, 0) is 100 Å². The fourth-order valence-electron chi connectivity index (χ4n) is 2.85. The van der Waals surface area contributed by atoms with Crippen LogP contribution in [-0.2, 0) is 11.4 Å². The summed E-state index contributed by atoms with van der Waals surface area (Å²) in [5.74, 6) is -0.247. The number of nitrogens with one attached hydrogen (secondary N) is 1. The molecule has 2 amide bonds. The molecule has 5 nitrogen and oxygen atoms in total. The Morgan fingerprint density at radius 3 is 2.48 bits per heavy atom. The summed E-state index contributed by atoms with van der Waals surface area (Å²) in [6, 6.07) is 19.7. The van der Waals surface area contributed by atoms with Gasteiger partial charge in [0.25, 0.3) is 11.8 Å². The number of carbonyl (C=O) groups excluding carboxylic acids is 2. The molecule has 1 fully saturated rings. The monoisotopic (exact) mass is 608 g/mol. The van der Waals surface area contributed by atoms with Gasteiger partial charge in [0.15, 0.2) is 5.17 Å². The van der Waals surface area contributed by atoms with Gasteiger partial charge in [-0.2, -0.15) is 4.99 Å². The molecule has 0 bridgehead atoms. The van der Waals surface area contributed by atoms with Crippen molar-refractivity contribution in [2.45, 2.75) is 6.61 Å². The maximum absolute atomic E-state index is 12.3. The van der Waals surface area contributed by atoms with E-state index in [1.165, 1.54) is 0 Å². The molecule has 0 unspecified atom stereocenters. The van der Waals surface area contributed by atoms with Gasteiger partial charge in [-0.15, -0.1) is 0 Å². The van der Waals surface area contributed by atoms with E-state index in [4.69, 9.17) is 27.9 Å². The molecule has 1 N–H and O–H groups in total. The van der Waals surface area contributed by atoms with Crippen LogP contribution < -0.4 is 10.1 Å². The highest BCUT2D eigenvalue weighted by molar-refractivity contribution is 14.1. The number of hydrogen-bond donors (Lipinski definition) is 1. The lowest BCUT2D eigenvalue weighted by Crippen LogP contribution is -2.20. The van der Waals surface area contributed by atoms with Gasteiger partial charge in [0.05, 0.1) is 9.93 Å². The van der Waals surface area contributed by atoms with Crippen LogP contribution in [0.2, 0.25) is 10.0 Å². The van der Waals surface area contributed by atoms with Crippen molar-refractivity contribution in [1.29, 1.82) is 0 Å². The van der Waals surface area contributed by atoms with E-state index in [1.807, 2.05) is 30.3 Å². The van der Waals surface area contributed by atoms with E-state index in [9.17, 15) is 9.59 Å². The molecule has 1 aliphatic rings. The van der Waals surface area contributed by atoms with Crippen molar-refractivity contribution in [3.05, 3.63) is 102 Å². The highest BCUT2D eigenvalue weighted by atomic mass is 127. The zero-order valence-electron chi connectivity index (χ0n) is 16.8. The van der Waals surface area contributed by atoms with Crippen molar-refractivity contribution in [3.63, 3.8) is 0 Å². The van der Waals surface area contributed by atoms with Crippen molar-refractivity contribution in [3.8, 4) is 5.75 Å². The van der Waals surface area contributed by atoms with Crippen LogP contribution in [0.4, 0.5) is 0 Å². The Labute approximate surface area is 218 Å². The molecule has 9 heteroatoms. The van der Waals surface area contributed by atoms with Crippen molar-refractivity contribution >= 4 is 80.6 Å². The molecule has 0 spiro atoms. The first-order valence-electron chi connectivity index (χ1n) is 9.64. The molecule has 0 saturated carbocycles. The Kier molecular flexibility index (Phi) is 7.75. The number of rotatable bonds is 5. The number of ether oxygens (including phenoxy) is 1. The van der Waals surface area contributed by atoms with Gasteiger partial charge in [0.2, 0.25) is 0 Å². The van der Waals surface area contributed by atoms with Gasteiger partial charge in [-0.1, -0.05) is 41.4 Å². The third kappa shape index (κ3) is 6.38. The minimum atomic E-state index is -0.464. The predicted octanol–water partition coefficient (Wildman–Crippen LogP) is 6.58. The number of halogens is 3. The first-order valence-corrected chi connectivity index (χ1v) is 12.3. The second-order valence-electron chi connectivity index (χ2n) is 6.90. The molecule has 1 aliphatic heterocycles. The standard InChI is InChI=1S/C24H15Cl2IN2O3S/c25-17-6-4-16(5-7-17)22(30)28-24-29-23(31)21(33-24)12-15-3-10-20(19(26)11-15)32-13-14-1-8-18(27)9-2-14/h1-12H,13H2,(H,28,29,30,31)/b21-12-. The zero-order valence-corrected chi connectivity index (χ0v) is 21.3. The molecule has 0 atom stereocenters. The molecule has 1 heterocycles. The number of amides is 2. The lowest BCUT2D eigenvalue weighted by molar-refractivity contribution is -0.115. The minimum Gasteiger partial charge on any atom is -0.487 e. The summed E-state index contributed by atoms with van der Waals surface area (Å²) in [4.78, 5) is 29.0. The van der Waals surface area contributed by atoms with Crippen molar-refractivity contribution in [2.75, 3.05) is 0 Å². The largest absolute Gasteiger partial charge is 0.487 e. The van der Waals surface area contributed by atoms with Crippen LogP contribution in [0.15, 0.2) is 76.6 Å². The van der Waals surface area contributed by atoms with E-state index in [0.29, 0.717) is 32.9 Å². The van der Waals surface area contributed by atoms with E-state index in [2.05, 4.69) is 32.9 Å². The van der Waals surface area contributed by atoms with Crippen LogP contribution >= 0.6 is 57.6 Å². The quantitative estimate of drug-likeness (QED) is 0.263. The number of carbonyl (C=O) groups is 2. The van der Waals surface area contributed by atoms with Gasteiger partial charge in [-0.25, -0.2) is 0 Å². The summed E-state index contributed by atoms with van der Waals surface area (Å²) < 4.78 is 6.97. The summed E-state index contributed by atoms with van der Waals surface area (Å²) in [5.41, 5.74) is 2.15. The van der Waals surface area contributed by atoms with Crippen LogP contribution in [-0.4, -0.2) is 17.0 Å². The topological polar surface area (TPSA) is 67.8 Å². The first-order chi connectivity index (χ1) is 15.9. The van der Waals surface area contributed by atoms with Gasteiger partial charge < -0.3 is 10.1 Å². The summed E-state index contributed by atoms with van der Waals surface area (Å²) in [6.07, 6.45) is 1.68.